The quantitative estimate of drug-likeness (QED) is 0.872. The van der Waals surface area contributed by atoms with E-state index in [-0.39, 0.29) is 6.10 Å². The van der Waals surface area contributed by atoms with Crippen molar-refractivity contribution in [3.05, 3.63) is 29.8 Å². The van der Waals surface area contributed by atoms with E-state index in [1.807, 2.05) is 38.1 Å². The fourth-order valence-corrected chi connectivity index (χ4v) is 2.24. The molecule has 1 aliphatic heterocycles. The average Bonchev–Trinajstić information content (AvgIpc) is 2.29. The minimum absolute atomic E-state index is 0.116. The molecular weight excluding hydrogens is 217 g/mol. The van der Waals surface area contributed by atoms with Crippen molar-refractivity contribution < 1.29 is 9.13 Å². The highest BCUT2D eigenvalue weighted by Crippen LogP contribution is 2.34. The van der Waals surface area contributed by atoms with Gasteiger partial charge >= 0.3 is 0 Å². The van der Waals surface area contributed by atoms with Gasteiger partial charge in [-0.3, -0.25) is 0 Å². The van der Waals surface area contributed by atoms with Gasteiger partial charge in [0.25, 0.3) is 0 Å². The van der Waals surface area contributed by atoms with Gasteiger partial charge in [0.15, 0.2) is 0 Å². The van der Waals surface area contributed by atoms with Crippen LogP contribution >= 0.6 is 0 Å². The first-order valence-corrected chi connectivity index (χ1v) is 6.27. The summed E-state index contributed by atoms with van der Waals surface area (Å²) >= 11 is 0. The van der Waals surface area contributed by atoms with Crippen LogP contribution in [0.4, 0.5) is 4.39 Å². The molecule has 0 aliphatic carbocycles. The van der Waals surface area contributed by atoms with Crippen LogP contribution in [-0.4, -0.2) is 19.2 Å². The maximum absolute atomic E-state index is 14.7. The number of nitrogens with one attached hydrogen (secondary N) is 1. The number of benzene rings is 1. The van der Waals surface area contributed by atoms with Gasteiger partial charge in [0.2, 0.25) is 0 Å². The summed E-state index contributed by atoms with van der Waals surface area (Å²) in [5.41, 5.74) is -0.517. The van der Waals surface area contributed by atoms with E-state index in [0.717, 1.165) is 24.3 Å². The lowest BCUT2D eigenvalue weighted by Crippen LogP contribution is -2.40. The third kappa shape index (κ3) is 2.97. The van der Waals surface area contributed by atoms with Gasteiger partial charge < -0.3 is 10.1 Å². The summed E-state index contributed by atoms with van der Waals surface area (Å²) in [5, 5.41) is 3.12. The van der Waals surface area contributed by atoms with Crippen molar-refractivity contribution in [2.24, 2.45) is 0 Å². The largest absolute Gasteiger partial charge is 0.491 e. The number of piperidine rings is 1. The van der Waals surface area contributed by atoms with E-state index in [2.05, 4.69) is 5.32 Å². The van der Waals surface area contributed by atoms with Crippen molar-refractivity contribution >= 4 is 0 Å². The molecule has 0 spiro atoms. The summed E-state index contributed by atoms with van der Waals surface area (Å²) < 4.78 is 20.3. The van der Waals surface area contributed by atoms with Crippen LogP contribution in [0.2, 0.25) is 0 Å². The van der Waals surface area contributed by atoms with E-state index in [4.69, 9.17) is 4.74 Å². The maximum atomic E-state index is 14.7. The van der Waals surface area contributed by atoms with Crippen molar-refractivity contribution in [2.75, 3.05) is 13.1 Å². The third-order valence-corrected chi connectivity index (χ3v) is 3.05. The molecule has 1 N–H and O–H groups in total. The molecule has 1 unspecified atom stereocenters. The van der Waals surface area contributed by atoms with Gasteiger partial charge in [-0.05, 0) is 50.9 Å². The number of hydrogen-bond acceptors (Lipinski definition) is 2. The Labute approximate surface area is 102 Å². The van der Waals surface area contributed by atoms with E-state index in [1.54, 1.807) is 0 Å². The van der Waals surface area contributed by atoms with Gasteiger partial charge in [0, 0.05) is 6.54 Å². The fourth-order valence-electron chi connectivity index (χ4n) is 2.24. The Balaban J connectivity index is 2.19. The fraction of sp³-hybridized carbons (Fsp3) is 0.571. The van der Waals surface area contributed by atoms with Crippen molar-refractivity contribution in [1.82, 2.24) is 5.32 Å². The molecule has 94 valence electrons. The SMILES string of the molecule is CC(C)Oc1cccc(C2(F)CCCNC2)c1. The summed E-state index contributed by atoms with van der Waals surface area (Å²) in [6.07, 6.45) is 1.59. The molecule has 0 saturated carbocycles. The van der Waals surface area contributed by atoms with E-state index in [0.29, 0.717) is 13.0 Å². The Bertz CT molecular complexity index is 372. The molecule has 1 atom stereocenters. The second kappa shape index (κ2) is 5.05. The monoisotopic (exact) mass is 237 g/mol. The predicted molar refractivity (Wildman–Crippen MR) is 67.1 cm³/mol. The van der Waals surface area contributed by atoms with E-state index in [9.17, 15) is 4.39 Å². The van der Waals surface area contributed by atoms with Crippen LogP contribution < -0.4 is 10.1 Å². The lowest BCUT2D eigenvalue weighted by Gasteiger charge is -2.30. The first kappa shape index (κ1) is 12.4. The highest BCUT2D eigenvalue weighted by atomic mass is 19.1. The molecule has 1 heterocycles. The minimum Gasteiger partial charge on any atom is -0.491 e. The van der Waals surface area contributed by atoms with Crippen molar-refractivity contribution in [2.45, 2.75) is 38.5 Å². The predicted octanol–water partition coefficient (Wildman–Crippen LogP) is 3.02. The first-order chi connectivity index (χ1) is 8.10. The molecule has 0 amide bonds. The Morgan fingerprint density at radius 3 is 2.88 bits per heavy atom. The summed E-state index contributed by atoms with van der Waals surface area (Å²) in [6.45, 7) is 5.26. The lowest BCUT2D eigenvalue weighted by molar-refractivity contribution is 0.121. The average molecular weight is 237 g/mol. The van der Waals surface area contributed by atoms with Gasteiger partial charge in [-0.25, -0.2) is 4.39 Å². The number of rotatable bonds is 3. The second-order valence-electron chi connectivity index (χ2n) is 4.94. The zero-order valence-corrected chi connectivity index (χ0v) is 10.5. The number of halogens is 1. The molecule has 1 aromatic carbocycles. The van der Waals surface area contributed by atoms with Crippen LogP contribution in [0.15, 0.2) is 24.3 Å². The number of hydrogen-bond donors (Lipinski definition) is 1. The number of ether oxygens (including phenoxy) is 1. The Morgan fingerprint density at radius 1 is 1.41 bits per heavy atom. The van der Waals surface area contributed by atoms with Crippen molar-refractivity contribution in [3.8, 4) is 5.75 Å². The van der Waals surface area contributed by atoms with Crippen molar-refractivity contribution in [3.63, 3.8) is 0 Å². The molecular formula is C14H20FNO. The molecule has 0 radical (unpaired) electrons. The van der Waals surface area contributed by atoms with E-state index < -0.39 is 5.67 Å². The summed E-state index contributed by atoms with van der Waals surface area (Å²) in [5.74, 6) is 0.750. The van der Waals surface area contributed by atoms with Gasteiger partial charge in [-0.2, -0.15) is 0 Å². The third-order valence-electron chi connectivity index (χ3n) is 3.05. The molecule has 0 aromatic heterocycles. The van der Waals surface area contributed by atoms with Gasteiger partial charge in [0.1, 0.15) is 11.4 Å². The van der Waals surface area contributed by atoms with Crippen LogP contribution in [0.25, 0.3) is 0 Å². The Morgan fingerprint density at radius 2 is 2.24 bits per heavy atom. The van der Waals surface area contributed by atoms with Crippen LogP contribution in [0.3, 0.4) is 0 Å². The Kier molecular flexibility index (Phi) is 3.67. The highest BCUT2D eigenvalue weighted by molar-refractivity contribution is 5.33. The van der Waals surface area contributed by atoms with Crippen LogP contribution in [-0.2, 0) is 5.67 Å². The molecule has 1 saturated heterocycles. The standard InChI is InChI=1S/C14H20FNO/c1-11(2)17-13-6-3-5-12(9-13)14(15)7-4-8-16-10-14/h3,5-6,9,11,16H,4,7-8,10H2,1-2H3. The zero-order valence-electron chi connectivity index (χ0n) is 10.5. The highest BCUT2D eigenvalue weighted by Gasteiger charge is 2.33. The van der Waals surface area contributed by atoms with Gasteiger partial charge in [-0.1, -0.05) is 12.1 Å². The molecule has 0 bridgehead atoms. The molecule has 1 fully saturated rings. The van der Waals surface area contributed by atoms with Crippen LogP contribution in [0, 0.1) is 0 Å². The molecule has 1 aliphatic rings. The molecule has 3 heteroatoms. The molecule has 2 nitrogen and oxygen atoms in total. The van der Waals surface area contributed by atoms with Crippen LogP contribution in [0.1, 0.15) is 32.3 Å². The van der Waals surface area contributed by atoms with Crippen molar-refractivity contribution in [1.29, 1.82) is 0 Å². The van der Waals surface area contributed by atoms with Gasteiger partial charge in [-0.15, -0.1) is 0 Å². The summed E-state index contributed by atoms with van der Waals surface area (Å²) in [7, 11) is 0. The topological polar surface area (TPSA) is 21.3 Å². The first-order valence-electron chi connectivity index (χ1n) is 6.27. The van der Waals surface area contributed by atoms with Crippen LogP contribution in [0.5, 0.6) is 5.75 Å². The minimum atomic E-state index is -1.24. The number of alkyl halides is 1. The zero-order chi connectivity index (χ0) is 12.3. The molecule has 17 heavy (non-hydrogen) atoms. The maximum Gasteiger partial charge on any atom is 0.148 e. The van der Waals surface area contributed by atoms with E-state index in [1.165, 1.54) is 0 Å². The summed E-state index contributed by atoms with van der Waals surface area (Å²) in [4.78, 5) is 0. The smallest absolute Gasteiger partial charge is 0.148 e. The Hall–Kier alpha value is -1.09. The summed E-state index contributed by atoms with van der Waals surface area (Å²) in [6, 6.07) is 7.42. The second-order valence-corrected chi connectivity index (χ2v) is 4.94. The molecule has 1 aromatic rings. The van der Waals surface area contributed by atoms with E-state index >= 15 is 0 Å². The molecule has 2 rings (SSSR count). The van der Waals surface area contributed by atoms with Gasteiger partial charge in [0.05, 0.1) is 6.10 Å². The lowest BCUT2D eigenvalue weighted by atomic mass is 9.88. The normalized spacial score (nSPS) is 24.9.